The Bertz CT molecular complexity index is 1290. The van der Waals surface area contributed by atoms with Crippen molar-refractivity contribution in [2.45, 2.75) is 37.7 Å². The molecule has 4 rings (SSSR count). The summed E-state index contributed by atoms with van der Waals surface area (Å²) in [4.78, 5) is 0.192. The van der Waals surface area contributed by atoms with Crippen molar-refractivity contribution in [2.75, 3.05) is 25.5 Å². The van der Waals surface area contributed by atoms with Crippen LogP contribution < -0.4 is 23.7 Å². The molecule has 1 heterocycles. The van der Waals surface area contributed by atoms with Gasteiger partial charge >= 0.3 is 0 Å². The number of methoxy groups -OCH3 is 2. The molecule has 0 aromatic heterocycles. The van der Waals surface area contributed by atoms with Gasteiger partial charge in [0.25, 0.3) is 10.0 Å². The maximum absolute atomic E-state index is 13.0. The Morgan fingerprint density at radius 3 is 2.31 bits per heavy atom. The number of rotatable bonds is 9. The van der Waals surface area contributed by atoms with Gasteiger partial charge in [0.05, 0.1) is 31.4 Å². The van der Waals surface area contributed by atoms with Crippen LogP contribution in [0.5, 0.6) is 23.0 Å². The van der Waals surface area contributed by atoms with E-state index in [1.165, 1.54) is 0 Å². The molecule has 8 heteroatoms. The molecule has 186 valence electrons. The van der Waals surface area contributed by atoms with E-state index in [0.717, 1.165) is 11.1 Å². The van der Waals surface area contributed by atoms with Crippen LogP contribution >= 0.6 is 0 Å². The van der Waals surface area contributed by atoms with Gasteiger partial charge < -0.3 is 18.9 Å². The summed E-state index contributed by atoms with van der Waals surface area (Å²) in [6, 6.07) is 17.5. The summed E-state index contributed by atoms with van der Waals surface area (Å²) >= 11 is 0. The van der Waals surface area contributed by atoms with Crippen molar-refractivity contribution >= 4 is 15.7 Å². The fraction of sp³-hybridized carbons (Fsp3) is 0.333. The van der Waals surface area contributed by atoms with E-state index in [1.807, 2.05) is 24.3 Å². The molecular weight excluding hydrogens is 466 g/mol. The molecule has 3 aromatic rings. The van der Waals surface area contributed by atoms with E-state index in [1.54, 1.807) is 50.6 Å². The maximum Gasteiger partial charge on any atom is 0.261 e. The monoisotopic (exact) mass is 497 g/mol. The molecule has 0 radical (unpaired) electrons. The van der Waals surface area contributed by atoms with E-state index >= 15 is 0 Å². The van der Waals surface area contributed by atoms with Crippen molar-refractivity contribution in [3.8, 4) is 23.0 Å². The summed E-state index contributed by atoms with van der Waals surface area (Å²) in [6.07, 6.45) is -0.299. The van der Waals surface area contributed by atoms with Gasteiger partial charge in [-0.05, 0) is 41.8 Å². The molecule has 3 aromatic carbocycles. The number of hydrogen-bond donors (Lipinski definition) is 1. The fourth-order valence-electron chi connectivity index (χ4n) is 4.10. The van der Waals surface area contributed by atoms with E-state index in [4.69, 9.17) is 18.9 Å². The average molecular weight is 498 g/mol. The lowest BCUT2D eigenvalue weighted by atomic mass is 9.92. The molecule has 1 aliphatic rings. The standard InChI is InChI=1S/C27H31NO6S/c1-17(2)16-33-25-15-20(28-35(29,30)21-9-7-6-8-10-21)14-22-18(3)26(34-27(22)25)19-11-12-23(31-4)24(13-19)32-5/h6-15,17-18,26,28H,16H2,1-5H3. The SMILES string of the molecule is COc1ccc(C2Oc3c(OCC(C)C)cc(NS(=O)(=O)c4ccccc4)cc3C2C)cc1OC. The van der Waals surface area contributed by atoms with E-state index in [2.05, 4.69) is 25.5 Å². The van der Waals surface area contributed by atoms with Gasteiger partial charge in [-0.1, -0.05) is 45.0 Å². The summed E-state index contributed by atoms with van der Waals surface area (Å²) in [6.45, 7) is 6.63. The Kier molecular flexibility index (Phi) is 7.12. The number of anilines is 1. The molecule has 7 nitrogen and oxygen atoms in total. The van der Waals surface area contributed by atoms with Crippen molar-refractivity contribution in [1.82, 2.24) is 0 Å². The molecule has 0 saturated heterocycles. The molecule has 2 atom stereocenters. The summed E-state index contributed by atoms with van der Waals surface area (Å²) in [5.41, 5.74) is 2.22. The fourth-order valence-corrected chi connectivity index (χ4v) is 5.16. The number of ether oxygens (including phenoxy) is 4. The highest BCUT2D eigenvalue weighted by Gasteiger charge is 2.36. The van der Waals surface area contributed by atoms with Crippen LogP contribution in [-0.4, -0.2) is 29.2 Å². The van der Waals surface area contributed by atoms with Crippen LogP contribution in [0.4, 0.5) is 5.69 Å². The highest BCUT2D eigenvalue weighted by Crippen LogP contribution is 2.52. The zero-order valence-corrected chi connectivity index (χ0v) is 21.4. The van der Waals surface area contributed by atoms with Crippen LogP contribution in [0.25, 0.3) is 0 Å². The first kappa shape index (κ1) is 24.7. The Balaban J connectivity index is 1.71. The van der Waals surface area contributed by atoms with E-state index in [9.17, 15) is 8.42 Å². The highest BCUT2D eigenvalue weighted by atomic mass is 32.2. The zero-order chi connectivity index (χ0) is 25.2. The summed E-state index contributed by atoms with van der Waals surface area (Å²) in [7, 11) is -0.564. The topological polar surface area (TPSA) is 83.1 Å². The number of hydrogen-bond acceptors (Lipinski definition) is 6. The maximum atomic E-state index is 13.0. The minimum atomic E-state index is -3.76. The predicted molar refractivity (Wildman–Crippen MR) is 135 cm³/mol. The lowest BCUT2D eigenvalue weighted by Gasteiger charge is -2.18. The third-order valence-electron chi connectivity index (χ3n) is 5.89. The van der Waals surface area contributed by atoms with Gasteiger partial charge in [-0.15, -0.1) is 0 Å². The largest absolute Gasteiger partial charge is 0.493 e. The number of nitrogens with one attached hydrogen (secondary N) is 1. The number of fused-ring (bicyclic) bond motifs is 1. The average Bonchev–Trinajstić information content (AvgIpc) is 3.18. The molecule has 2 unspecified atom stereocenters. The molecule has 0 spiro atoms. The number of sulfonamides is 1. The zero-order valence-electron chi connectivity index (χ0n) is 20.6. The van der Waals surface area contributed by atoms with Crippen LogP contribution in [0.15, 0.2) is 65.6 Å². The van der Waals surface area contributed by atoms with Crippen LogP contribution in [0.3, 0.4) is 0 Å². The molecule has 0 bridgehead atoms. The molecule has 35 heavy (non-hydrogen) atoms. The Morgan fingerprint density at radius 2 is 1.66 bits per heavy atom. The lowest BCUT2D eigenvalue weighted by Crippen LogP contribution is -2.13. The Morgan fingerprint density at radius 1 is 0.943 bits per heavy atom. The first-order valence-electron chi connectivity index (χ1n) is 11.5. The Labute approximate surface area is 207 Å². The molecule has 0 amide bonds. The predicted octanol–water partition coefficient (Wildman–Crippen LogP) is 5.78. The summed E-state index contributed by atoms with van der Waals surface area (Å²) < 4.78 is 52.0. The molecular formula is C27H31NO6S. The van der Waals surface area contributed by atoms with Gasteiger partial charge in [0.1, 0.15) is 6.10 Å². The molecule has 0 saturated carbocycles. The van der Waals surface area contributed by atoms with E-state index < -0.39 is 10.0 Å². The van der Waals surface area contributed by atoms with Crippen LogP contribution in [0.2, 0.25) is 0 Å². The van der Waals surface area contributed by atoms with Gasteiger partial charge in [0.15, 0.2) is 23.0 Å². The first-order chi connectivity index (χ1) is 16.7. The smallest absolute Gasteiger partial charge is 0.261 e. The van der Waals surface area contributed by atoms with Crippen LogP contribution in [0, 0.1) is 5.92 Å². The van der Waals surface area contributed by atoms with E-state index in [0.29, 0.717) is 35.3 Å². The third kappa shape index (κ3) is 5.17. The quantitative estimate of drug-likeness (QED) is 0.404. The second-order valence-corrected chi connectivity index (χ2v) is 10.6. The van der Waals surface area contributed by atoms with Gasteiger partial charge in [0.2, 0.25) is 0 Å². The molecule has 0 fully saturated rings. The minimum Gasteiger partial charge on any atom is -0.493 e. The van der Waals surface area contributed by atoms with E-state index in [-0.39, 0.29) is 22.8 Å². The van der Waals surface area contributed by atoms with Crippen LogP contribution in [0.1, 0.15) is 43.9 Å². The lowest BCUT2D eigenvalue weighted by molar-refractivity contribution is 0.197. The van der Waals surface area contributed by atoms with Crippen molar-refractivity contribution < 1.29 is 27.4 Å². The first-order valence-corrected chi connectivity index (χ1v) is 13.0. The third-order valence-corrected chi connectivity index (χ3v) is 7.28. The van der Waals surface area contributed by atoms with Gasteiger partial charge in [-0.3, -0.25) is 4.72 Å². The number of benzene rings is 3. The van der Waals surface area contributed by atoms with Crippen molar-refractivity contribution in [3.63, 3.8) is 0 Å². The second kappa shape index (κ2) is 10.1. The van der Waals surface area contributed by atoms with Gasteiger partial charge in [-0.2, -0.15) is 0 Å². The van der Waals surface area contributed by atoms with Crippen molar-refractivity contribution in [1.29, 1.82) is 0 Å². The summed E-state index contributed by atoms with van der Waals surface area (Å²) in [5.74, 6) is 2.61. The molecule has 1 aliphatic heterocycles. The second-order valence-electron chi connectivity index (χ2n) is 8.96. The molecule has 0 aliphatic carbocycles. The minimum absolute atomic E-state index is 0.0642. The molecule has 1 N–H and O–H groups in total. The summed E-state index contributed by atoms with van der Waals surface area (Å²) in [5, 5.41) is 0. The van der Waals surface area contributed by atoms with Crippen molar-refractivity contribution in [3.05, 3.63) is 71.8 Å². The van der Waals surface area contributed by atoms with Gasteiger partial charge in [-0.25, -0.2) is 8.42 Å². The highest BCUT2D eigenvalue weighted by molar-refractivity contribution is 7.92. The Hall–Kier alpha value is -3.39. The normalized spacial score (nSPS) is 17.0. The van der Waals surface area contributed by atoms with Gasteiger partial charge in [0, 0.05) is 17.5 Å². The van der Waals surface area contributed by atoms with Crippen LogP contribution in [-0.2, 0) is 10.0 Å². The van der Waals surface area contributed by atoms with Crippen molar-refractivity contribution in [2.24, 2.45) is 5.92 Å².